The summed E-state index contributed by atoms with van der Waals surface area (Å²) in [5, 5.41) is 0. The Bertz CT molecular complexity index is 595. The van der Waals surface area contributed by atoms with E-state index in [-0.39, 0.29) is 11.7 Å². The largest absolute Gasteiger partial charge is 0.292 e. The zero-order chi connectivity index (χ0) is 12.5. The summed E-state index contributed by atoms with van der Waals surface area (Å²) < 4.78 is 12.8. The molecule has 0 saturated carbocycles. The van der Waals surface area contributed by atoms with Crippen LogP contribution < -0.4 is 4.90 Å². The van der Waals surface area contributed by atoms with Gasteiger partial charge in [-0.05, 0) is 23.8 Å². The number of hydrogen-bond donors (Lipinski definition) is 0. The number of hydrogen-bond acceptors (Lipinski definition) is 2. The van der Waals surface area contributed by atoms with Gasteiger partial charge in [0.1, 0.15) is 11.6 Å². The molecule has 0 bridgehead atoms. The highest BCUT2D eigenvalue weighted by Crippen LogP contribution is 2.27. The number of carbonyl (C=O) groups is 1. The third-order valence-electron chi connectivity index (χ3n) is 3.02. The molecule has 1 aromatic carbocycles. The first-order valence-electron chi connectivity index (χ1n) is 5.73. The number of benzene rings is 1. The van der Waals surface area contributed by atoms with E-state index in [2.05, 4.69) is 4.98 Å². The molecule has 0 radical (unpaired) electrons. The van der Waals surface area contributed by atoms with Gasteiger partial charge in [0, 0.05) is 11.8 Å². The van der Waals surface area contributed by atoms with Gasteiger partial charge in [0.25, 0.3) is 0 Å². The standard InChI is InChI=1S/C14H11FN2O/c15-12-5-3-10(4-6-12)9-17-13(18)8-11-2-1-7-16-14(11)17/h1-7H,8-9H2. The van der Waals surface area contributed by atoms with Crippen LogP contribution in [0, 0.1) is 5.82 Å². The van der Waals surface area contributed by atoms with Crippen molar-refractivity contribution in [2.45, 2.75) is 13.0 Å². The summed E-state index contributed by atoms with van der Waals surface area (Å²) in [5.74, 6) is 0.477. The molecule has 1 aromatic heterocycles. The Hall–Kier alpha value is -2.23. The predicted molar refractivity (Wildman–Crippen MR) is 65.5 cm³/mol. The second-order valence-corrected chi connectivity index (χ2v) is 4.27. The van der Waals surface area contributed by atoms with Crippen LogP contribution in [0.15, 0.2) is 42.6 Å². The number of fused-ring (bicyclic) bond motifs is 1. The van der Waals surface area contributed by atoms with Crippen molar-refractivity contribution < 1.29 is 9.18 Å². The molecular formula is C14H11FN2O. The van der Waals surface area contributed by atoms with Crippen LogP contribution >= 0.6 is 0 Å². The maximum atomic E-state index is 12.8. The van der Waals surface area contributed by atoms with Crippen molar-refractivity contribution in [3.05, 3.63) is 59.5 Å². The van der Waals surface area contributed by atoms with Gasteiger partial charge in [-0.3, -0.25) is 9.69 Å². The summed E-state index contributed by atoms with van der Waals surface area (Å²) in [6.07, 6.45) is 2.07. The molecule has 1 aliphatic heterocycles. The van der Waals surface area contributed by atoms with E-state index < -0.39 is 0 Å². The quantitative estimate of drug-likeness (QED) is 0.809. The summed E-state index contributed by atoms with van der Waals surface area (Å²) in [6.45, 7) is 0.434. The first kappa shape index (κ1) is 10.9. The lowest BCUT2D eigenvalue weighted by atomic mass is 10.2. The summed E-state index contributed by atoms with van der Waals surface area (Å²) >= 11 is 0. The van der Waals surface area contributed by atoms with Crippen LogP contribution in [-0.2, 0) is 17.8 Å². The maximum absolute atomic E-state index is 12.8. The third-order valence-corrected chi connectivity index (χ3v) is 3.02. The molecule has 1 aliphatic rings. The van der Waals surface area contributed by atoms with Gasteiger partial charge in [0.15, 0.2) is 0 Å². The van der Waals surface area contributed by atoms with Gasteiger partial charge in [0.05, 0.1) is 13.0 Å². The fourth-order valence-electron chi connectivity index (χ4n) is 2.12. The minimum absolute atomic E-state index is 0.0352. The van der Waals surface area contributed by atoms with Crippen LogP contribution in [0.3, 0.4) is 0 Å². The fourth-order valence-corrected chi connectivity index (χ4v) is 2.12. The molecule has 0 atom stereocenters. The van der Waals surface area contributed by atoms with E-state index in [0.29, 0.717) is 18.8 Å². The molecule has 0 fully saturated rings. The Morgan fingerprint density at radius 2 is 2.00 bits per heavy atom. The topological polar surface area (TPSA) is 33.2 Å². The van der Waals surface area contributed by atoms with Gasteiger partial charge in [-0.2, -0.15) is 0 Å². The van der Waals surface area contributed by atoms with Crippen molar-refractivity contribution in [2.24, 2.45) is 0 Å². The number of amides is 1. The van der Waals surface area contributed by atoms with E-state index in [1.807, 2.05) is 12.1 Å². The first-order chi connectivity index (χ1) is 8.74. The molecule has 4 heteroatoms. The van der Waals surface area contributed by atoms with Crippen LogP contribution in [-0.4, -0.2) is 10.9 Å². The third kappa shape index (κ3) is 1.86. The molecule has 0 aliphatic carbocycles. The van der Waals surface area contributed by atoms with Crippen molar-refractivity contribution in [3.8, 4) is 0 Å². The lowest BCUT2D eigenvalue weighted by Crippen LogP contribution is -2.26. The number of nitrogens with zero attached hydrogens (tertiary/aromatic N) is 2. The maximum Gasteiger partial charge on any atom is 0.233 e. The average molecular weight is 242 g/mol. The van der Waals surface area contributed by atoms with Gasteiger partial charge >= 0.3 is 0 Å². The Morgan fingerprint density at radius 3 is 2.78 bits per heavy atom. The van der Waals surface area contributed by atoms with Crippen molar-refractivity contribution in [3.63, 3.8) is 0 Å². The summed E-state index contributed by atoms with van der Waals surface area (Å²) in [5.41, 5.74) is 1.84. The highest BCUT2D eigenvalue weighted by molar-refractivity contribution is 5.99. The zero-order valence-corrected chi connectivity index (χ0v) is 9.64. The Balaban J connectivity index is 1.89. The summed E-state index contributed by atoms with van der Waals surface area (Å²) in [6, 6.07) is 9.90. The lowest BCUT2D eigenvalue weighted by Gasteiger charge is -2.16. The smallest absolute Gasteiger partial charge is 0.233 e. The van der Waals surface area contributed by atoms with Gasteiger partial charge in [-0.1, -0.05) is 18.2 Å². The van der Waals surface area contributed by atoms with Gasteiger partial charge in [-0.25, -0.2) is 9.37 Å². The van der Waals surface area contributed by atoms with Crippen LogP contribution in [0.5, 0.6) is 0 Å². The van der Waals surface area contributed by atoms with Crippen LogP contribution in [0.4, 0.5) is 10.2 Å². The van der Waals surface area contributed by atoms with Gasteiger partial charge in [-0.15, -0.1) is 0 Å². The molecular weight excluding hydrogens is 231 g/mol. The molecule has 0 N–H and O–H groups in total. The van der Waals surface area contributed by atoms with Crippen LogP contribution in [0.25, 0.3) is 0 Å². The molecule has 1 amide bonds. The molecule has 2 aromatic rings. The number of pyridine rings is 1. The predicted octanol–water partition coefficient (Wildman–Crippen LogP) is 2.31. The molecule has 18 heavy (non-hydrogen) atoms. The SMILES string of the molecule is O=C1Cc2cccnc2N1Cc1ccc(F)cc1. The fraction of sp³-hybridized carbons (Fsp3) is 0.143. The highest BCUT2D eigenvalue weighted by atomic mass is 19.1. The molecule has 90 valence electrons. The molecule has 2 heterocycles. The Labute approximate surface area is 104 Å². The molecule has 3 nitrogen and oxygen atoms in total. The van der Waals surface area contributed by atoms with E-state index in [0.717, 1.165) is 11.1 Å². The Morgan fingerprint density at radius 1 is 1.22 bits per heavy atom. The average Bonchev–Trinajstić information content (AvgIpc) is 2.69. The van der Waals surface area contributed by atoms with E-state index in [4.69, 9.17) is 0 Å². The van der Waals surface area contributed by atoms with Gasteiger partial charge < -0.3 is 0 Å². The molecule has 3 rings (SSSR count). The van der Waals surface area contributed by atoms with Crippen LogP contribution in [0.2, 0.25) is 0 Å². The minimum Gasteiger partial charge on any atom is -0.292 e. The molecule has 0 unspecified atom stereocenters. The van der Waals surface area contributed by atoms with Crippen LogP contribution in [0.1, 0.15) is 11.1 Å². The van der Waals surface area contributed by atoms with Crippen molar-refractivity contribution in [2.75, 3.05) is 4.90 Å². The number of aromatic nitrogens is 1. The number of carbonyl (C=O) groups excluding carboxylic acids is 1. The van der Waals surface area contributed by atoms with E-state index in [1.54, 1.807) is 23.2 Å². The van der Waals surface area contributed by atoms with Gasteiger partial charge in [0.2, 0.25) is 5.91 Å². The first-order valence-corrected chi connectivity index (χ1v) is 5.73. The zero-order valence-electron chi connectivity index (χ0n) is 9.64. The summed E-state index contributed by atoms with van der Waals surface area (Å²) in [7, 11) is 0. The second kappa shape index (κ2) is 4.22. The minimum atomic E-state index is -0.273. The Kier molecular flexibility index (Phi) is 2.55. The second-order valence-electron chi connectivity index (χ2n) is 4.27. The lowest BCUT2D eigenvalue weighted by molar-refractivity contribution is -0.117. The van der Waals surface area contributed by atoms with E-state index >= 15 is 0 Å². The van der Waals surface area contributed by atoms with Crippen molar-refractivity contribution in [1.29, 1.82) is 0 Å². The summed E-state index contributed by atoms with van der Waals surface area (Å²) in [4.78, 5) is 17.8. The molecule has 0 saturated heterocycles. The number of rotatable bonds is 2. The van der Waals surface area contributed by atoms with Crippen molar-refractivity contribution >= 4 is 11.7 Å². The normalized spacial score (nSPS) is 13.8. The molecule has 0 spiro atoms. The monoisotopic (exact) mass is 242 g/mol. The van der Waals surface area contributed by atoms with E-state index in [1.165, 1.54) is 12.1 Å². The number of anilines is 1. The van der Waals surface area contributed by atoms with E-state index in [9.17, 15) is 9.18 Å². The van der Waals surface area contributed by atoms with Crippen molar-refractivity contribution in [1.82, 2.24) is 4.98 Å². The highest BCUT2D eigenvalue weighted by Gasteiger charge is 2.27. The number of halogens is 1.